The Kier molecular flexibility index (Phi) is 5.01. The molecule has 134 valence electrons. The molecule has 0 radical (unpaired) electrons. The highest BCUT2D eigenvalue weighted by molar-refractivity contribution is 7.99. The number of hydrogen-bond acceptors (Lipinski definition) is 3. The van der Waals surface area contributed by atoms with Crippen molar-refractivity contribution in [3.8, 4) is 0 Å². The summed E-state index contributed by atoms with van der Waals surface area (Å²) in [6.45, 7) is 2.39. The second-order valence-corrected chi connectivity index (χ2v) is 7.74. The topological polar surface area (TPSA) is 41.5 Å². The van der Waals surface area contributed by atoms with Crippen molar-refractivity contribution in [1.29, 1.82) is 0 Å². The summed E-state index contributed by atoms with van der Waals surface area (Å²) in [5, 5.41) is 3.58. The molecule has 27 heavy (non-hydrogen) atoms. The van der Waals surface area contributed by atoms with E-state index in [1.54, 1.807) is 11.8 Å². The number of nitrogens with zero attached hydrogens (tertiary/aromatic N) is 1. The van der Waals surface area contributed by atoms with Crippen LogP contribution >= 0.6 is 23.4 Å². The average Bonchev–Trinajstić information content (AvgIpc) is 2.82. The molecule has 1 amide bonds. The Bertz CT molecular complexity index is 1060. The van der Waals surface area contributed by atoms with E-state index in [2.05, 4.69) is 17.4 Å². The molecule has 1 N–H and O–H groups in total. The van der Waals surface area contributed by atoms with Gasteiger partial charge in [0, 0.05) is 38.2 Å². The van der Waals surface area contributed by atoms with Crippen LogP contribution in [0.4, 0.5) is 5.69 Å². The third-order valence-electron chi connectivity index (χ3n) is 4.40. The smallest absolute Gasteiger partial charge is 0.251 e. The van der Waals surface area contributed by atoms with E-state index in [0.29, 0.717) is 17.1 Å². The largest absolute Gasteiger partial charge is 0.348 e. The third-order valence-corrected chi connectivity index (χ3v) is 5.91. The fourth-order valence-electron chi connectivity index (χ4n) is 2.97. The lowest BCUT2D eigenvalue weighted by Crippen LogP contribution is -2.22. The predicted octanol–water partition coefficient (Wildman–Crippen LogP) is 5.88. The molecule has 0 fully saturated rings. The number of nitrogens with one attached hydrogen (secondary N) is 1. The molecule has 0 aromatic heterocycles. The second-order valence-electron chi connectivity index (χ2n) is 6.25. The third kappa shape index (κ3) is 3.77. The van der Waals surface area contributed by atoms with Crippen LogP contribution < -0.4 is 5.32 Å². The van der Waals surface area contributed by atoms with Gasteiger partial charge in [-0.05, 0) is 42.8 Å². The fraction of sp³-hybridized carbons (Fsp3) is 0.0909. The molecule has 1 aliphatic heterocycles. The van der Waals surface area contributed by atoms with Crippen LogP contribution in [0.25, 0.3) is 0 Å². The van der Waals surface area contributed by atoms with Gasteiger partial charge in [0.25, 0.3) is 5.91 Å². The quantitative estimate of drug-likeness (QED) is 0.605. The van der Waals surface area contributed by atoms with Gasteiger partial charge < -0.3 is 5.32 Å². The summed E-state index contributed by atoms with van der Waals surface area (Å²) in [7, 11) is 0. The van der Waals surface area contributed by atoms with Crippen LogP contribution in [0.1, 0.15) is 28.4 Å². The lowest BCUT2D eigenvalue weighted by molar-refractivity contribution is 0.0951. The molecule has 3 aromatic rings. The molecule has 3 aromatic carbocycles. The zero-order valence-corrected chi connectivity index (χ0v) is 16.3. The summed E-state index contributed by atoms with van der Waals surface area (Å²) in [6.07, 6.45) is 0. The van der Waals surface area contributed by atoms with Crippen LogP contribution in [0, 0.1) is 0 Å². The zero-order valence-electron chi connectivity index (χ0n) is 14.7. The number of carbonyl (C=O) groups excluding carboxylic acids is 1. The van der Waals surface area contributed by atoms with Crippen molar-refractivity contribution in [1.82, 2.24) is 5.32 Å². The highest BCUT2D eigenvalue weighted by atomic mass is 35.5. The van der Waals surface area contributed by atoms with Crippen molar-refractivity contribution in [2.24, 2.45) is 4.99 Å². The molecule has 0 spiro atoms. The second kappa shape index (κ2) is 7.59. The Hall–Kier alpha value is -2.56. The minimum Gasteiger partial charge on any atom is -0.348 e. The van der Waals surface area contributed by atoms with Gasteiger partial charge >= 0.3 is 0 Å². The summed E-state index contributed by atoms with van der Waals surface area (Å²) >= 11 is 7.83. The van der Waals surface area contributed by atoms with Crippen molar-refractivity contribution >= 4 is 40.7 Å². The highest BCUT2D eigenvalue weighted by Gasteiger charge is 2.16. The lowest BCUT2D eigenvalue weighted by Gasteiger charge is -2.09. The highest BCUT2D eigenvalue weighted by Crippen LogP contribution is 2.40. The van der Waals surface area contributed by atoms with Crippen LogP contribution in [-0.2, 0) is 6.54 Å². The van der Waals surface area contributed by atoms with Crippen LogP contribution in [0.5, 0.6) is 0 Å². The van der Waals surface area contributed by atoms with Gasteiger partial charge in [-0.15, -0.1) is 0 Å². The Labute approximate surface area is 167 Å². The summed E-state index contributed by atoms with van der Waals surface area (Å²) in [5.74, 6) is -0.141. The first-order chi connectivity index (χ1) is 13.1. The number of carbonyl (C=O) groups is 1. The number of benzene rings is 3. The Balaban J connectivity index is 1.58. The van der Waals surface area contributed by atoms with Crippen LogP contribution in [0.2, 0.25) is 5.02 Å². The van der Waals surface area contributed by atoms with Gasteiger partial charge in [0.2, 0.25) is 0 Å². The summed E-state index contributed by atoms with van der Waals surface area (Å²) in [6, 6.07) is 21.4. The van der Waals surface area contributed by atoms with Crippen LogP contribution in [-0.4, -0.2) is 11.6 Å². The molecule has 1 aliphatic rings. The van der Waals surface area contributed by atoms with Gasteiger partial charge in [-0.25, -0.2) is 0 Å². The summed E-state index contributed by atoms with van der Waals surface area (Å²) in [5.41, 5.74) is 4.37. The minimum atomic E-state index is -0.141. The first-order valence-electron chi connectivity index (χ1n) is 8.60. The first-order valence-corrected chi connectivity index (χ1v) is 9.79. The van der Waals surface area contributed by atoms with Crippen LogP contribution in [0.15, 0.2) is 81.5 Å². The van der Waals surface area contributed by atoms with Crippen molar-refractivity contribution in [2.75, 3.05) is 0 Å². The van der Waals surface area contributed by atoms with E-state index >= 15 is 0 Å². The minimum absolute atomic E-state index is 0.141. The molecule has 0 unspecified atom stereocenters. The Morgan fingerprint density at radius 2 is 1.81 bits per heavy atom. The fourth-order valence-corrected chi connectivity index (χ4v) is 4.22. The van der Waals surface area contributed by atoms with Gasteiger partial charge in [-0.1, -0.05) is 59.8 Å². The van der Waals surface area contributed by atoms with E-state index in [0.717, 1.165) is 27.4 Å². The molecule has 4 rings (SSSR count). The van der Waals surface area contributed by atoms with E-state index in [4.69, 9.17) is 16.6 Å². The van der Waals surface area contributed by atoms with Gasteiger partial charge in [-0.2, -0.15) is 0 Å². The molecule has 0 bridgehead atoms. The van der Waals surface area contributed by atoms with E-state index in [1.165, 1.54) is 4.90 Å². The first kappa shape index (κ1) is 17.8. The normalized spacial score (nSPS) is 12.4. The van der Waals surface area contributed by atoms with E-state index in [1.807, 2.05) is 61.5 Å². The Morgan fingerprint density at radius 3 is 2.67 bits per heavy atom. The molecule has 1 heterocycles. The molecule has 0 atom stereocenters. The van der Waals surface area contributed by atoms with E-state index < -0.39 is 0 Å². The number of rotatable bonds is 3. The molecule has 0 aliphatic carbocycles. The maximum atomic E-state index is 12.6. The number of hydrogen-bond donors (Lipinski definition) is 1. The van der Waals surface area contributed by atoms with Crippen molar-refractivity contribution < 1.29 is 4.79 Å². The monoisotopic (exact) mass is 392 g/mol. The van der Waals surface area contributed by atoms with Gasteiger partial charge in [0.15, 0.2) is 0 Å². The maximum Gasteiger partial charge on any atom is 0.251 e. The van der Waals surface area contributed by atoms with E-state index in [9.17, 15) is 4.79 Å². The average molecular weight is 393 g/mol. The summed E-state index contributed by atoms with van der Waals surface area (Å²) in [4.78, 5) is 19.6. The predicted molar refractivity (Wildman–Crippen MR) is 112 cm³/mol. The molecule has 3 nitrogen and oxygen atoms in total. The number of halogens is 1. The van der Waals surface area contributed by atoms with Crippen molar-refractivity contribution in [2.45, 2.75) is 23.3 Å². The molecule has 5 heteroatoms. The van der Waals surface area contributed by atoms with Gasteiger partial charge in [0.1, 0.15) is 0 Å². The lowest BCUT2D eigenvalue weighted by atomic mass is 10.1. The Morgan fingerprint density at radius 1 is 1.04 bits per heavy atom. The van der Waals surface area contributed by atoms with Gasteiger partial charge in [0.05, 0.1) is 5.69 Å². The van der Waals surface area contributed by atoms with Crippen LogP contribution in [0.3, 0.4) is 0 Å². The van der Waals surface area contributed by atoms with Crippen molar-refractivity contribution in [3.05, 3.63) is 88.4 Å². The number of aliphatic imine (C=N–C) groups is 1. The number of fused-ring (bicyclic) bond motifs is 2. The maximum absolute atomic E-state index is 12.6. The molecular formula is C22H17ClN2OS. The van der Waals surface area contributed by atoms with E-state index in [-0.39, 0.29) is 5.91 Å². The zero-order chi connectivity index (χ0) is 18.8. The summed E-state index contributed by atoms with van der Waals surface area (Å²) < 4.78 is 0. The number of amides is 1. The van der Waals surface area contributed by atoms with Crippen molar-refractivity contribution in [3.63, 3.8) is 0 Å². The SMILES string of the molecule is CC1=Nc2cc(C(=O)NCc3ccccc3Cl)ccc2Sc2ccccc21. The van der Waals surface area contributed by atoms with Gasteiger partial charge in [-0.3, -0.25) is 9.79 Å². The molecular weight excluding hydrogens is 376 g/mol. The standard InChI is InChI=1S/C22H17ClN2OS/c1-14-17-7-3-5-9-20(17)27-21-11-10-15(12-19(21)25-14)22(26)24-13-16-6-2-4-8-18(16)23/h2-12H,13H2,1H3,(H,24,26). The molecule has 0 saturated heterocycles. The molecule has 0 saturated carbocycles.